The number of aromatic carboxylic acids is 1. The zero-order chi connectivity index (χ0) is 32.5. The number of hydrogen-bond donors (Lipinski definition) is 3. The number of carbonyl (C=O) groups excluding carboxylic acids is 3. The summed E-state index contributed by atoms with van der Waals surface area (Å²) in [6.45, 7) is 4.41. The lowest BCUT2D eigenvalue weighted by atomic mass is 9.78. The number of benzene rings is 2. The van der Waals surface area contributed by atoms with Crippen molar-refractivity contribution in [2.45, 2.75) is 82.5 Å². The average Bonchev–Trinajstić information content (AvgIpc) is 3.59. The second-order valence-corrected chi connectivity index (χ2v) is 13.0. The van der Waals surface area contributed by atoms with E-state index in [1.54, 1.807) is 45.0 Å². The second-order valence-electron chi connectivity index (χ2n) is 13.0. The lowest BCUT2D eigenvalue weighted by molar-refractivity contribution is -0.144. The Balaban J connectivity index is 1.46. The van der Waals surface area contributed by atoms with Crippen LogP contribution in [-0.2, 0) is 14.3 Å². The van der Waals surface area contributed by atoms with E-state index < -0.39 is 60.2 Å². The highest BCUT2D eigenvalue weighted by molar-refractivity contribution is 5.97. The third-order valence-electron chi connectivity index (χ3n) is 8.99. The standard InChI is InChI=1S/C34H40FN3O7/c1-34(2,3)45-33(43)37-24(18-35)20-13-15-21(16-14-20)31(40)38-25(17-23(28(38)30(36)39)19-9-5-4-6-10-19)27-22-11-7-8-12-26(22)44-29(27)32(41)42/h4-12,20-21,23-25,28H,13-18H2,1-3H3,(H2,36,39)(H,37,43)(H,41,42)/t20?,21?,23-,24-,25?,28+/m1/s1. The number of alkyl carbamates (subject to hydrolysis) is 1. The van der Waals surface area contributed by atoms with Crippen molar-refractivity contribution < 1.29 is 37.8 Å². The van der Waals surface area contributed by atoms with Crippen molar-refractivity contribution in [3.63, 3.8) is 0 Å². The van der Waals surface area contributed by atoms with Crippen molar-refractivity contribution >= 4 is 34.8 Å². The highest BCUT2D eigenvalue weighted by atomic mass is 19.1. The molecule has 3 aromatic rings. The summed E-state index contributed by atoms with van der Waals surface area (Å²) in [6.07, 6.45) is 1.32. The molecule has 11 heteroatoms. The van der Waals surface area contributed by atoms with Gasteiger partial charge in [0.25, 0.3) is 0 Å². The minimum atomic E-state index is -1.28. The van der Waals surface area contributed by atoms with Gasteiger partial charge in [0.2, 0.25) is 17.6 Å². The molecule has 4 N–H and O–H groups in total. The van der Waals surface area contributed by atoms with Gasteiger partial charge in [-0.05, 0) is 70.4 Å². The number of hydrogen-bond acceptors (Lipinski definition) is 6. The van der Waals surface area contributed by atoms with E-state index in [2.05, 4.69) is 5.32 Å². The number of alkyl halides is 1. The van der Waals surface area contributed by atoms with Crippen molar-refractivity contribution in [3.05, 3.63) is 71.5 Å². The normalized spacial score (nSPS) is 24.3. The minimum absolute atomic E-state index is 0.207. The Labute approximate surface area is 261 Å². The number of amides is 3. The maximum atomic E-state index is 14.5. The van der Waals surface area contributed by atoms with Crippen LogP contribution in [0.3, 0.4) is 0 Å². The molecule has 240 valence electrons. The smallest absolute Gasteiger partial charge is 0.407 e. The molecule has 1 aromatic heterocycles. The number of likely N-dealkylation sites (tertiary alicyclic amines) is 1. The predicted octanol–water partition coefficient (Wildman–Crippen LogP) is 5.71. The molecule has 1 saturated carbocycles. The second kappa shape index (κ2) is 12.9. The average molecular weight is 622 g/mol. The van der Waals surface area contributed by atoms with Crippen molar-refractivity contribution in [2.24, 2.45) is 17.6 Å². The molecule has 1 saturated heterocycles. The van der Waals surface area contributed by atoms with E-state index in [-0.39, 0.29) is 24.0 Å². The molecule has 45 heavy (non-hydrogen) atoms. The van der Waals surface area contributed by atoms with Crippen LogP contribution in [0.5, 0.6) is 0 Å². The van der Waals surface area contributed by atoms with Gasteiger partial charge < -0.3 is 30.2 Å². The number of nitrogens with one attached hydrogen (secondary N) is 1. The van der Waals surface area contributed by atoms with Crippen molar-refractivity contribution in [1.29, 1.82) is 0 Å². The molecule has 1 aliphatic carbocycles. The zero-order valence-corrected chi connectivity index (χ0v) is 25.7. The quantitative estimate of drug-likeness (QED) is 0.291. The zero-order valence-electron chi connectivity index (χ0n) is 25.7. The van der Waals surface area contributed by atoms with Crippen LogP contribution in [0, 0.1) is 11.8 Å². The molecule has 3 amide bonds. The number of fused-ring (bicyclic) bond motifs is 1. The van der Waals surface area contributed by atoms with Crippen LogP contribution in [0.25, 0.3) is 11.0 Å². The SMILES string of the molecule is CC(C)(C)OC(=O)N[C@H](CF)C1CCC(C(=O)N2C(c3c(C(=O)O)oc4ccccc34)C[C@H](c3ccccc3)[C@H]2C(N)=O)CC1. The first-order valence-corrected chi connectivity index (χ1v) is 15.4. The summed E-state index contributed by atoms with van der Waals surface area (Å²) in [5, 5.41) is 13.3. The number of primary amides is 1. The van der Waals surface area contributed by atoms with E-state index >= 15 is 0 Å². The Morgan fingerprint density at radius 1 is 1.04 bits per heavy atom. The van der Waals surface area contributed by atoms with Gasteiger partial charge in [0.15, 0.2) is 0 Å². The largest absolute Gasteiger partial charge is 0.475 e. The molecule has 0 spiro atoms. The number of halogens is 1. The first kappa shape index (κ1) is 32.0. The number of carbonyl (C=O) groups is 4. The molecule has 2 aromatic carbocycles. The van der Waals surface area contributed by atoms with Crippen LogP contribution in [-0.4, -0.2) is 58.2 Å². The van der Waals surface area contributed by atoms with Crippen LogP contribution in [0.15, 0.2) is 59.0 Å². The maximum absolute atomic E-state index is 14.5. The van der Waals surface area contributed by atoms with E-state index in [1.165, 1.54) is 4.90 Å². The van der Waals surface area contributed by atoms with Crippen LogP contribution in [0.2, 0.25) is 0 Å². The maximum Gasteiger partial charge on any atom is 0.407 e. The Morgan fingerprint density at radius 2 is 1.69 bits per heavy atom. The van der Waals surface area contributed by atoms with Crippen LogP contribution in [0.4, 0.5) is 9.18 Å². The predicted molar refractivity (Wildman–Crippen MR) is 164 cm³/mol. The molecule has 1 unspecified atom stereocenters. The molecular formula is C34H40FN3O7. The molecule has 5 rings (SSSR count). The fourth-order valence-electron chi connectivity index (χ4n) is 7.05. The number of carboxylic acid groups (broad SMARTS) is 1. The Hall–Kier alpha value is -4.41. The van der Waals surface area contributed by atoms with E-state index in [9.17, 15) is 28.7 Å². The topological polar surface area (TPSA) is 152 Å². The van der Waals surface area contributed by atoms with E-state index in [0.717, 1.165) is 5.56 Å². The first-order chi connectivity index (χ1) is 21.4. The van der Waals surface area contributed by atoms with Gasteiger partial charge in [0, 0.05) is 22.8 Å². The number of nitrogens with zero attached hydrogens (tertiary/aromatic N) is 1. The molecule has 0 radical (unpaired) electrons. The first-order valence-electron chi connectivity index (χ1n) is 15.4. The molecule has 4 atom stereocenters. The fraction of sp³-hybridized carbons (Fsp3) is 0.471. The van der Waals surface area contributed by atoms with Crippen molar-refractivity contribution in [2.75, 3.05) is 6.67 Å². The molecule has 2 aliphatic rings. The number of rotatable bonds is 8. The van der Waals surface area contributed by atoms with E-state index in [1.807, 2.05) is 30.3 Å². The monoisotopic (exact) mass is 621 g/mol. The summed E-state index contributed by atoms with van der Waals surface area (Å²) in [7, 11) is 0. The number of nitrogens with two attached hydrogens (primary N) is 1. The highest BCUT2D eigenvalue weighted by Gasteiger charge is 2.51. The lowest BCUT2D eigenvalue weighted by Gasteiger charge is -2.37. The van der Waals surface area contributed by atoms with Crippen LogP contribution in [0.1, 0.15) is 86.5 Å². The number of ether oxygens (including phenoxy) is 1. The van der Waals surface area contributed by atoms with E-state index in [0.29, 0.717) is 42.2 Å². The van der Waals surface area contributed by atoms with Gasteiger partial charge in [0.05, 0.1) is 12.1 Å². The van der Waals surface area contributed by atoms with Gasteiger partial charge >= 0.3 is 12.1 Å². The summed E-state index contributed by atoms with van der Waals surface area (Å²) in [6, 6.07) is 13.6. The van der Waals surface area contributed by atoms with Crippen molar-refractivity contribution in [3.8, 4) is 0 Å². The van der Waals surface area contributed by atoms with Gasteiger partial charge in [0.1, 0.15) is 23.9 Å². The summed E-state index contributed by atoms with van der Waals surface area (Å²) >= 11 is 0. The number of furan rings is 1. The molecular weight excluding hydrogens is 581 g/mol. The summed E-state index contributed by atoms with van der Waals surface area (Å²) in [4.78, 5) is 53.9. The van der Waals surface area contributed by atoms with Crippen molar-refractivity contribution in [1.82, 2.24) is 10.2 Å². The van der Waals surface area contributed by atoms with Gasteiger partial charge in [-0.1, -0.05) is 48.5 Å². The van der Waals surface area contributed by atoms with Gasteiger partial charge in [-0.2, -0.15) is 0 Å². The molecule has 2 heterocycles. The minimum Gasteiger partial charge on any atom is -0.475 e. The Morgan fingerprint density at radius 3 is 2.29 bits per heavy atom. The third kappa shape index (κ3) is 6.67. The van der Waals surface area contributed by atoms with Crippen LogP contribution < -0.4 is 11.1 Å². The molecule has 2 fully saturated rings. The fourth-order valence-corrected chi connectivity index (χ4v) is 7.05. The summed E-state index contributed by atoms with van der Waals surface area (Å²) < 4.78 is 25.1. The third-order valence-corrected chi connectivity index (χ3v) is 8.99. The van der Waals surface area contributed by atoms with Gasteiger partial charge in [-0.3, -0.25) is 9.59 Å². The number of carboxylic acids is 1. The Kier molecular flexibility index (Phi) is 9.18. The number of para-hydroxylation sites is 1. The molecule has 1 aliphatic heterocycles. The summed E-state index contributed by atoms with van der Waals surface area (Å²) in [5.41, 5.74) is 6.81. The Bertz CT molecular complexity index is 1560. The van der Waals surface area contributed by atoms with E-state index in [4.69, 9.17) is 14.9 Å². The molecule has 10 nitrogen and oxygen atoms in total. The lowest BCUT2D eigenvalue weighted by Crippen LogP contribution is -2.50. The summed E-state index contributed by atoms with van der Waals surface area (Å²) in [5.74, 6) is -3.73. The van der Waals surface area contributed by atoms with Crippen LogP contribution >= 0.6 is 0 Å². The van der Waals surface area contributed by atoms with Gasteiger partial charge in [-0.25, -0.2) is 14.0 Å². The van der Waals surface area contributed by atoms with Gasteiger partial charge in [-0.15, -0.1) is 0 Å². The molecule has 0 bridgehead atoms. The highest BCUT2D eigenvalue weighted by Crippen LogP contribution is 2.50.